The van der Waals surface area contributed by atoms with Crippen LogP contribution in [0.2, 0.25) is 0 Å². The number of ether oxygens (including phenoxy) is 1. The molecule has 2 amide bonds. The van der Waals surface area contributed by atoms with Crippen LogP contribution in [0.1, 0.15) is 12.8 Å². The van der Waals surface area contributed by atoms with Crippen LogP contribution in [-0.2, 0) is 14.3 Å². The second-order valence-corrected chi connectivity index (χ2v) is 4.89. The molecule has 0 aromatic heterocycles. The lowest BCUT2D eigenvalue weighted by atomic mass is 10.2. The lowest BCUT2D eigenvalue weighted by Gasteiger charge is -2.34. The van der Waals surface area contributed by atoms with Crippen LogP contribution in [0.3, 0.4) is 0 Å². The van der Waals surface area contributed by atoms with E-state index in [2.05, 4.69) is 10.2 Å². The van der Waals surface area contributed by atoms with Gasteiger partial charge in [0.2, 0.25) is 11.8 Å². The Hall–Kier alpha value is -1.18. The first kappa shape index (κ1) is 16.9. The number of carbonyl (C=O) groups excluding carboxylic acids is 2. The number of hydrogen-bond acceptors (Lipinski definition) is 5. The summed E-state index contributed by atoms with van der Waals surface area (Å²) >= 11 is 0. The smallest absolute Gasteiger partial charge is 0.234 e. The number of hydrogen-bond donors (Lipinski definition) is 2. The molecule has 1 saturated heterocycles. The first-order chi connectivity index (χ1) is 9.67. The van der Waals surface area contributed by atoms with Crippen molar-refractivity contribution in [3.63, 3.8) is 0 Å². The normalized spacial score (nSPS) is 16.2. The molecule has 0 aromatic rings. The minimum absolute atomic E-state index is 0.00459. The van der Waals surface area contributed by atoms with Crippen molar-refractivity contribution in [2.75, 3.05) is 59.5 Å². The molecular weight excluding hydrogens is 260 g/mol. The largest absolute Gasteiger partial charge is 0.383 e. The molecule has 0 saturated carbocycles. The Kier molecular flexibility index (Phi) is 8.17. The summed E-state index contributed by atoms with van der Waals surface area (Å²) < 4.78 is 4.87. The van der Waals surface area contributed by atoms with Crippen LogP contribution in [0, 0.1) is 0 Å². The van der Waals surface area contributed by atoms with Crippen LogP contribution in [0.15, 0.2) is 0 Å². The van der Waals surface area contributed by atoms with E-state index in [1.54, 1.807) is 7.11 Å². The third kappa shape index (κ3) is 6.31. The highest BCUT2D eigenvalue weighted by molar-refractivity contribution is 5.78. The predicted octanol–water partition coefficient (Wildman–Crippen LogP) is -1.37. The summed E-state index contributed by atoms with van der Waals surface area (Å²) in [5, 5.41) is 2.79. The Morgan fingerprint density at radius 2 is 1.95 bits per heavy atom. The zero-order valence-corrected chi connectivity index (χ0v) is 12.3. The first-order valence-electron chi connectivity index (χ1n) is 7.13. The highest BCUT2D eigenvalue weighted by Gasteiger charge is 2.21. The van der Waals surface area contributed by atoms with Gasteiger partial charge in [-0.2, -0.15) is 0 Å². The van der Waals surface area contributed by atoms with E-state index in [9.17, 15) is 9.59 Å². The zero-order valence-electron chi connectivity index (χ0n) is 12.3. The molecule has 3 N–H and O–H groups in total. The summed E-state index contributed by atoms with van der Waals surface area (Å²) in [6, 6.07) is 0. The number of nitrogens with zero attached hydrogens (tertiary/aromatic N) is 2. The minimum Gasteiger partial charge on any atom is -0.383 e. The third-order valence-electron chi connectivity index (χ3n) is 3.32. The predicted molar refractivity (Wildman–Crippen MR) is 76.2 cm³/mol. The van der Waals surface area contributed by atoms with Gasteiger partial charge in [-0.25, -0.2) is 0 Å². The molecule has 1 rings (SSSR count). The van der Waals surface area contributed by atoms with Crippen LogP contribution < -0.4 is 11.1 Å². The maximum Gasteiger partial charge on any atom is 0.234 e. The average Bonchev–Trinajstić information content (AvgIpc) is 2.46. The van der Waals surface area contributed by atoms with E-state index in [1.165, 1.54) is 0 Å². The Morgan fingerprint density at radius 3 is 2.55 bits per heavy atom. The fourth-order valence-corrected chi connectivity index (χ4v) is 2.12. The first-order valence-corrected chi connectivity index (χ1v) is 7.13. The summed E-state index contributed by atoms with van der Waals surface area (Å²) in [6.45, 7) is 4.85. The Labute approximate surface area is 120 Å². The molecule has 0 bridgehead atoms. The van der Waals surface area contributed by atoms with Gasteiger partial charge in [0.15, 0.2) is 0 Å². The van der Waals surface area contributed by atoms with Crippen molar-refractivity contribution < 1.29 is 14.3 Å². The van der Waals surface area contributed by atoms with E-state index in [0.717, 1.165) is 19.5 Å². The van der Waals surface area contributed by atoms with Crippen molar-refractivity contribution in [2.45, 2.75) is 12.8 Å². The summed E-state index contributed by atoms with van der Waals surface area (Å²) in [7, 11) is 1.60. The molecule has 0 aromatic carbocycles. The van der Waals surface area contributed by atoms with Gasteiger partial charge >= 0.3 is 0 Å². The van der Waals surface area contributed by atoms with Crippen molar-refractivity contribution in [3.05, 3.63) is 0 Å². The number of amides is 2. The van der Waals surface area contributed by atoms with E-state index >= 15 is 0 Å². The second kappa shape index (κ2) is 9.68. The number of methoxy groups -OCH3 is 1. The third-order valence-corrected chi connectivity index (χ3v) is 3.32. The maximum atomic E-state index is 11.8. The van der Waals surface area contributed by atoms with Crippen molar-refractivity contribution in [1.29, 1.82) is 0 Å². The van der Waals surface area contributed by atoms with Crippen molar-refractivity contribution in [2.24, 2.45) is 5.73 Å². The van der Waals surface area contributed by atoms with E-state index in [1.807, 2.05) is 4.90 Å². The number of rotatable bonds is 8. The molecule has 1 fully saturated rings. The van der Waals surface area contributed by atoms with Gasteiger partial charge in [0, 0.05) is 46.3 Å². The lowest BCUT2D eigenvalue weighted by molar-refractivity contribution is -0.133. The number of carbonyl (C=O) groups is 2. The molecular formula is C13H26N4O3. The van der Waals surface area contributed by atoms with E-state index in [-0.39, 0.29) is 11.8 Å². The van der Waals surface area contributed by atoms with Gasteiger partial charge in [-0.15, -0.1) is 0 Å². The second-order valence-electron chi connectivity index (χ2n) is 4.89. The van der Waals surface area contributed by atoms with Gasteiger partial charge < -0.3 is 20.7 Å². The Bertz CT molecular complexity index is 304. The molecule has 0 spiro atoms. The SMILES string of the molecule is COCCNC(=O)CN1CCN(C(=O)CCCN)CC1. The van der Waals surface area contributed by atoms with Crippen molar-refractivity contribution >= 4 is 11.8 Å². The number of nitrogens with two attached hydrogens (primary N) is 1. The fraction of sp³-hybridized carbons (Fsp3) is 0.846. The van der Waals surface area contributed by atoms with Gasteiger partial charge in [0.1, 0.15) is 0 Å². The van der Waals surface area contributed by atoms with Gasteiger partial charge in [-0.3, -0.25) is 14.5 Å². The molecule has 1 aliphatic rings. The van der Waals surface area contributed by atoms with Gasteiger partial charge in [0.25, 0.3) is 0 Å². The summed E-state index contributed by atoms with van der Waals surface area (Å²) in [4.78, 5) is 27.4. The number of nitrogens with one attached hydrogen (secondary N) is 1. The van der Waals surface area contributed by atoms with Crippen LogP contribution in [-0.4, -0.2) is 81.1 Å². The number of piperazine rings is 1. The molecule has 1 heterocycles. The van der Waals surface area contributed by atoms with Crippen LogP contribution in [0.25, 0.3) is 0 Å². The van der Waals surface area contributed by atoms with Crippen molar-refractivity contribution in [3.8, 4) is 0 Å². The molecule has 20 heavy (non-hydrogen) atoms. The highest BCUT2D eigenvalue weighted by atomic mass is 16.5. The van der Waals surface area contributed by atoms with Gasteiger partial charge in [-0.05, 0) is 13.0 Å². The lowest BCUT2D eigenvalue weighted by Crippen LogP contribution is -2.51. The highest BCUT2D eigenvalue weighted by Crippen LogP contribution is 2.04. The quantitative estimate of drug-likeness (QED) is 0.538. The fourth-order valence-electron chi connectivity index (χ4n) is 2.12. The molecule has 0 aliphatic carbocycles. The van der Waals surface area contributed by atoms with E-state index in [0.29, 0.717) is 45.8 Å². The summed E-state index contributed by atoms with van der Waals surface area (Å²) in [6.07, 6.45) is 1.26. The van der Waals surface area contributed by atoms with E-state index < -0.39 is 0 Å². The monoisotopic (exact) mass is 286 g/mol. The Balaban J connectivity index is 2.18. The van der Waals surface area contributed by atoms with Gasteiger partial charge in [-0.1, -0.05) is 0 Å². The van der Waals surface area contributed by atoms with Crippen molar-refractivity contribution in [1.82, 2.24) is 15.1 Å². The van der Waals surface area contributed by atoms with Crippen LogP contribution in [0.4, 0.5) is 0 Å². The van der Waals surface area contributed by atoms with Gasteiger partial charge in [0.05, 0.1) is 13.2 Å². The molecule has 116 valence electrons. The molecule has 1 aliphatic heterocycles. The average molecular weight is 286 g/mol. The topological polar surface area (TPSA) is 87.9 Å². The van der Waals surface area contributed by atoms with E-state index in [4.69, 9.17) is 10.5 Å². The standard InChI is InChI=1S/C13H26N4O3/c1-20-10-5-15-12(18)11-16-6-8-17(9-7-16)13(19)3-2-4-14/h2-11,14H2,1H3,(H,15,18). The minimum atomic E-state index is 0.00459. The molecule has 7 nitrogen and oxygen atoms in total. The van der Waals surface area contributed by atoms with Crippen LogP contribution >= 0.6 is 0 Å². The Morgan fingerprint density at radius 1 is 1.25 bits per heavy atom. The summed E-state index contributed by atoms with van der Waals surface area (Å²) in [5.41, 5.74) is 5.40. The molecule has 7 heteroatoms. The molecule has 0 radical (unpaired) electrons. The molecule has 0 unspecified atom stereocenters. The maximum absolute atomic E-state index is 11.8. The zero-order chi connectivity index (χ0) is 14.8. The van der Waals surface area contributed by atoms with Crippen LogP contribution in [0.5, 0.6) is 0 Å². The summed E-state index contributed by atoms with van der Waals surface area (Å²) in [5.74, 6) is 0.171. The molecule has 0 atom stereocenters.